The van der Waals surface area contributed by atoms with Crippen LogP contribution < -0.4 is 15.5 Å². The smallest absolute Gasteiger partial charge is 0.246 e. The monoisotopic (exact) mass is 552 g/mol. The summed E-state index contributed by atoms with van der Waals surface area (Å²) < 4.78 is 5.35. The van der Waals surface area contributed by atoms with E-state index in [0.717, 1.165) is 37.5 Å². The molecule has 2 heterocycles. The second-order valence-electron chi connectivity index (χ2n) is 7.19. The Labute approximate surface area is 204 Å². The van der Waals surface area contributed by atoms with Crippen LogP contribution in [0.4, 0.5) is 5.69 Å². The van der Waals surface area contributed by atoms with Crippen molar-refractivity contribution < 1.29 is 4.52 Å². The number of para-hydroxylation sites is 1. The predicted octanol–water partition coefficient (Wildman–Crippen LogP) is 4.34. The summed E-state index contributed by atoms with van der Waals surface area (Å²) in [4.78, 5) is 11.2. The van der Waals surface area contributed by atoms with Crippen LogP contribution in [-0.4, -0.2) is 42.3 Å². The minimum Gasteiger partial charge on any atom is -0.371 e. The molecule has 1 aliphatic heterocycles. The molecule has 1 fully saturated rings. The summed E-state index contributed by atoms with van der Waals surface area (Å²) in [5, 5.41) is 11.4. The van der Waals surface area contributed by atoms with Gasteiger partial charge in [-0.3, -0.25) is 4.99 Å². The predicted molar refractivity (Wildman–Crippen MR) is 135 cm³/mol. The molecule has 4 rings (SSSR count). The van der Waals surface area contributed by atoms with E-state index in [1.807, 2.05) is 24.3 Å². The highest BCUT2D eigenvalue weighted by atomic mass is 127. The first-order chi connectivity index (χ1) is 14.7. The zero-order valence-corrected chi connectivity index (χ0v) is 20.4. The van der Waals surface area contributed by atoms with Crippen LogP contribution in [0.5, 0.6) is 0 Å². The summed E-state index contributed by atoms with van der Waals surface area (Å²) in [6.45, 7) is 2.44. The topological polar surface area (TPSA) is 78.6 Å². The molecular formula is C22H26ClIN6O. The minimum absolute atomic E-state index is 0. The number of aliphatic imine (C=N–C) groups is 1. The second-order valence-corrected chi connectivity index (χ2v) is 7.63. The lowest BCUT2D eigenvalue weighted by atomic mass is 10.0. The third kappa shape index (κ3) is 6.33. The van der Waals surface area contributed by atoms with Gasteiger partial charge in [-0.1, -0.05) is 47.1 Å². The molecule has 9 heteroatoms. The number of hydrogen-bond acceptors (Lipinski definition) is 5. The zero-order valence-electron chi connectivity index (χ0n) is 17.3. The fraction of sp³-hybridized carbons (Fsp3) is 0.318. The molecule has 164 valence electrons. The van der Waals surface area contributed by atoms with Crippen LogP contribution in [0, 0.1) is 0 Å². The molecule has 7 nitrogen and oxygen atoms in total. The molecule has 2 aromatic carbocycles. The Morgan fingerprint density at radius 1 is 1.16 bits per heavy atom. The summed E-state index contributed by atoms with van der Waals surface area (Å²) in [6, 6.07) is 18.3. The molecule has 1 saturated heterocycles. The Bertz CT molecular complexity index is 988. The number of rotatable bonds is 5. The number of aromatic nitrogens is 2. The van der Waals surface area contributed by atoms with Crippen molar-refractivity contribution in [1.82, 2.24) is 20.8 Å². The van der Waals surface area contributed by atoms with Crippen LogP contribution in [0.2, 0.25) is 5.02 Å². The Morgan fingerprint density at radius 2 is 1.94 bits per heavy atom. The maximum atomic E-state index is 6.03. The van der Waals surface area contributed by atoms with Crippen LogP contribution in [0.1, 0.15) is 18.7 Å². The lowest BCUT2D eigenvalue weighted by Crippen LogP contribution is -2.48. The average molecular weight is 553 g/mol. The molecule has 1 aromatic heterocycles. The van der Waals surface area contributed by atoms with Crippen LogP contribution in [0.25, 0.3) is 11.4 Å². The maximum absolute atomic E-state index is 6.03. The van der Waals surface area contributed by atoms with Crippen molar-refractivity contribution >= 4 is 47.2 Å². The molecule has 0 atom stereocenters. The van der Waals surface area contributed by atoms with E-state index >= 15 is 0 Å². The van der Waals surface area contributed by atoms with E-state index < -0.39 is 0 Å². The number of hydrogen-bond donors (Lipinski definition) is 2. The molecule has 0 radical (unpaired) electrons. The Hall–Kier alpha value is -2.33. The summed E-state index contributed by atoms with van der Waals surface area (Å²) in [7, 11) is 1.76. The SMILES string of the molecule is CN=C(NCc1nc(-c2cccc(Cl)c2)no1)NC1CCN(c2ccccc2)CC1.I. The quantitative estimate of drug-likeness (QED) is 0.279. The first kappa shape index (κ1) is 23.3. The maximum Gasteiger partial charge on any atom is 0.246 e. The van der Waals surface area contributed by atoms with Crippen molar-refractivity contribution in [3.63, 3.8) is 0 Å². The highest BCUT2D eigenvalue weighted by molar-refractivity contribution is 14.0. The molecule has 0 unspecified atom stereocenters. The van der Waals surface area contributed by atoms with Crippen molar-refractivity contribution in [3.05, 3.63) is 65.5 Å². The van der Waals surface area contributed by atoms with Crippen molar-refractivity contribution in [2.24, 2.45) is 4.99 Å². The van der Waals surface area contributed by atoms with Gasteiger partial charge in [-0.2, -0.15) is 4.98 Å². The molecule has 0 amide bonds. The van der Waals surface area contributed by atoms with Gasteiger partial charge in [0.2, 0.25) is 11.7 Å². The molecular weight excluding hydrogens is 527 g/mol. The number of halogens is 2. The standard InChI is InChI=1S/C22H25ClN6O.HI/c1-24-22(26-18-10-12-29(13-11-18)19-8-3-2-4-9-19)25-15-20-27-21(28-30-20)16-6-5-7-17(23)14-16;/h2-9,14,18H,10-13,15H2,1H3,(H2,24,25,26);1H. The van der Waals surface area contributed by atoms with Crippen molar-refractivity contribution in [1.29, 1.82) is 0 Å². The highest BCUT2D eigenvalue weighted by Crippen LogP contribution is 2.20. The molecule has 0 bridgehead atoms. The second kappa shape index (κ2) is 11.3. The van der Waals surface area contributed by atoms with E-state index in [0.29, 0.717) is 29.3 Å². The third-order valence-corrected chi connectivity index (χ3v) is 5.37. The molecule has 0 aliphatic carbocycles. The molecule has 1 aliphatic rings. The summed E-state index contributed by atoms with van der Waals surface area (Å²) in [6.07, 6.45) is 2.10. The zero-order chi connectivity index (χ0) is 20.8. The average Bonchev–Trinajstić information content (AvgIpc) is 3.27. The van der Waals surface area contributed by atoms with Gasteiger partial charge in [-0.15, -0.1) is 24.0 Å². The number of anilines is 1. The van der Waals surface area contributed by atoms with Crippen molar-refractivity contribution in [3.8, 4) is 11.4 Å². The van der Waals surface area contributed by atoms with E-state index in [1.165, 1.54) is 5.69 Å². The van der Waals surface area contributed by atoms with Crippen LogP contribution in [0.3, 0.4) is 0 Å². The van der Waals surface area contributed by atoms with E-state index in [9.17, 15) is 0 Å². The van der Waals surface area contributed by atoms with Crippen LogP contribution >= 0.6 is 35.6 Å². The number of benzene rings is 2. The molecule has 0 saturated carbocycles. The van der Waals surface area contributed by atoms with Gasteiger partial charge in [0.15, 0.2) is 5.96 Å². The van der Waals surface area contributed by atoms with Crippen molar-refractivity contribution in [2.45, 2.75) is 25.4 Å². The van der Waals surface area contributed by atoms with Gasteiger partial charge in [0.25, 0.3) is 0 Å². The fourth-order valence-electron chi connectivity index (χ4n) is 3.54. The van der Waals surface area contributed by atoms with E-state index in [4.69, 9.17) is 16.1 Å². The Balaban J connectivity index is 0.00000272. The van der Waals surface area contributed by atoms with Gasteiger partial charge >= 0.3 is 0 Å². The molecule has 3 aromatic rings. The Morgan fingerprint density at radius 3 is 2.65 bits per heavy atom. The van der Waals surface area contributed by atoms with Crippen molar-refractivity contribution in [2.75, 3.05) is 25.0 Å². The number of nitrogens with one attached hydrogen (secondary N) is 2. The normalized spacial score (nSPS) is 14.8. The third-order valence-electron chi connectivity index (χ3n) is 5.14. The summed E-state index contributed by atoms with van der Waals surface area (Å²) in [5.41, 5.74) is 2.11. The largest absolute Gasteiger partial charge is 0.371 e. The lowest BCUT2D eigenvalue weighted by Gasteiger charge is -2.34. The summed E-state index contributed by atoms with van der Waals surface area (Å²) >= 11 is 6.03. The number of guanidine groups is 1. The molecule has 0 spiro atoms. The minimum atomic E-state index is 0. The van der Waals surface area contributed by atoms with Gasteiger partial charge in [0.1, 0.15) is 0 Å². The van der Waals surface area contributed by atoms with Gasteiger partial charge in [-0.05, 0) is 37.1 Å². The summed E-state index contributed by atoms with van der Waals surface area (Å²) in [5.74, 6) is 1.74. The van der Waals surface area contributed by atoms with Crippen LogP contribution in [0.15, 0.2) is 64.1 Å². The first-order valence-corrected chi connectivity index (χ1v) is 10.4. The first-order valence-electron chi connectivity index (χ1n) is 10.1. The van der Waals surface area contributed by atoms with Gasteiger partial charge in [-0.25, -0.2) is 0 Å². The number of nitrogens with zero attached hydrogens (tertiary/aromatic N) is 4. The highest BCUT2D eigenvalue weighted by Gasteiger charge is 2.20. The van der Waals surface area contributed by atoms with Crippen LogP contribution in [-0.2, 0) is 6.54 Å². The lowest BCUT2D eigenvalue weighted by molar-refractivity contribution is 0.374. The molecule has 2 N–H and O–H groups in total. The van der Waals surface area contributed by atoms with E-state index in [2.05, 4.69) is 61.0 Å². The fourth-order valence-corrected chi connectivity index (χ4v) is 3.73. The van der Waals surface area contributed by atoms with E-state index in [-0.39, 0.29) is 24.0 Å². The van der Waals surface area contributed by atoms with E-state index in [1.54, 1.807) is 7.05 Å². The number of piperidine rings is 1. The van der Waals surface area contributed by atoms with Gasteiger partial charge in [0, 0.05) is 42.5 Å². The van der Waals surface area contributed by atoms with Gasteiger partial charge < -0.3 is 20.1 Å². The Kier molecular flexibility index (Phi) is 8.53. The van der Waals surface area contributed by atoms with Gasteiger partial charge in [0.05, 0.1) is 6.54 Å². The molecule has 31 heavy (non-hydrogen) atoms.